The first-order valence-corrected chi connectivity index (χ1v) is 7.90. The van der Waals surface area contributed by atoms with Crippen LogP contribution in [0.3, 0.4) is 0 Å². The molecule has 0 aromatic heterocycles. The largest absolute Gasteiger partial charge is 0.348 e. The molecule has 2 saturated carbocycles. The molecule has 1 atom stereocenters. The standard InChI is InChI=1S/C17H24N2O/c20-16(12-18-15-8-4-5-9-15)19-17(14-10-11-14)13-6-2-1-3-7-13/h1-3,6-7,14-15,17-18H,4-5,8-12H2,(H,19,20). The molecule has 1 aromatic carbocycles. The summed E-state index contributed by atoms with van der Waals surface area (Å²) in [6.45, 7) is 0.459. The van der Waals surface area contributed by atoms with E-state index in [1.807, 2.05) is 18.2 Å². The number of hydrogen-bond donors (Lipinski definition) is 2. The van der Waals surface area contributed by atoms with E-state index in [1.54, 1.807) is 0 Å². The lowest BCUT2D eigenvalue weighted by atomic mass is 10.0. The fourth-order valence-corrected chi connectivity index (χ4v) is 3.15. The SMILES string of the molecule is O=C(CNC1CCCC1)NC(c1ccccc1)C1CC1. The predicted molar refractivity (Wildman–Crippen MR) is 80.3 cm³/mol. The van der Waals surface area contributed by atoms with E-state index in [2.05, 4.69) is 22.8 Å². The van der Waals surface area contributed by atoms with E-state index in [-0.39, 0.29) is 11.9 Å². The Bertz CT molecular complexity index is 436. The van der Waals surface area contributed by atoms with Crippen molar-refractivity contribution in [1.29, 1.82) is 0 Å². The van der Waals surface area contributed by atoms with Crippen molar-refractivity contribution in [1.82, 2.24) is 10.6 Å². The van der Waals surface area contributed by atoms with Crippen molar-refractivity contribution in [2.75, 3.05) is 6.54 Å². The van der Waals surface area contributed by atoms with Gasteiger partial charge < -0.3 is 10.6 Å². The van der Waals surface area contributed by atoms with Gasteiger partial charge in [-0.1, -0.05) is 43.2 Å². The van der Waals surface area contributed by atoms with E-state index < -0.39 is 0 Å². The number of nitrogens with one attached hydrogen (secondary N) is 2. The van der Waals surface area contributed by atoms with E-state index in [0.29, 0.717) is 18.5 Å². The monoisotopic (exact) mass is 272 g/mol. The molecular weight excluding hydrogens is 248 g/mol. The first-order valence-electron chi connectivity index (χ1n) is 7.90. The molecule has 2 aliphatic carbocycles. The summed E-state index contributed by atoms with van der Waals surface area (Å²) >= 11 is 0. The first kappa shape index (κ1) is 13.6. The molecule has 0 spiro atoms. The lowest BCUT2D eigenvalue weighted by molar-refractivity contribution is -0.121. The van der Waals surface area contributed by atoms with Crippen LogP contribution in [-0.4, -0.2) is 18.5 Å². The maximum Gasteiger partial charge on any atom is 0.234 e. The van der Waals surface area contributed by atoms with E-state index in [9.17, 15) is 4.79 Å². The van der Waals surface area contributed by atoms with Gasteiger partial charge in [-0.15, -0.1) is 0 Å². The predicted octanol–water partition coefficient (Wildman–Crippen LogP) is 2.79. The van der Waals surface area contributed by atoms with Gasteiger partial charge in [0.15, 0.2) is 0 Å². The number of rotatable bonds is 6. The molecule has 2 N–H and O–H groups in total. The molecule has 0 saturated heterocycles. The molecule has 1 aromatic rings. The summed E-state index contributed by atoms with van der Waals surface area (Å²) in [6, 6.07) is 11.1. The molecule has 3 rings (SSSR count). The Balaban J connectivity index is 1.52. The molecule has 1 amide bonds. The van der Waals surface area contributed by atoms with Crippen LogP contribution < -0.4 is 10.6 Å². The van der Waals surface area contributed by atoms with E-state index in [0.717, 1.165) is 0 Å². The van der Waals surface area contributed by atoms with Crippen molar-refractivity contribution in [3.8, 4) is 0 Å². The second kappa shape index (κ2) is 6.40. The summed E-state index contributed by atoms with van der Waals surface area (Å²) < 4.78 is 0. The van der Waals surface area contributed by atoms with Gasteiger partial charge in [0.25, 0.3) is 0 Å². The Morgan fingerprint density at radius 1 is 1.10 bits per heavy atom. The molecule has 2 aliphatic rings. The zero-order valence-electron chi connectivity index (χ0n) is 12.0. The zero-order chi connectivity index (χ0) is 13.8. The van der Waals surface area contributed by atoms with Crippen LogP contribution in [0.25, 0.3) is 0 Å². The number of hydrogen-bond acceptors (Lipinski definition) is 2. The Kier molecular flexibility index (Phi) is 4.36. The highest BCUT2D eigenvalue weighted by Crippen LogP contribution is 2.40. The molecule has 20 heavy (non-hydrogen) atoms. The van der Waals surface area contributed by atoms with Gasteiger partial charge in [-0.3, -0.25) is 4.79 Å². The van der Waals surface area contributed by atoms with Crippen molar-refractivity contribution in [2.45, 2.75) is 50.6 Å². The Morgan fingerprint density at radius 2 is 1.80 bits per heavy atom. The number of amides is 1. The summed E-state index contributed by atoms with van der Waals surface area (Å²) in [7, 11) is 0. The molecule has 0 bridgehead atoms. The lowest BCUT2D eigenvalue weighted by Crippen LogP contribution is -2.40. The van der Waals surface area contributed by atoms with Crippen molar-refractivity contribution < 1.29 is 4.79 Å². The number of carbonyl (C=O) groups is 1. The summed E-state index contributed by atoms with van der Waals surface area (Å²) in [5, 5.41) is 6.60. The van der Waals surface area contributed by atoms with Crippen LogP contribution in [0.4, 0.5) is 0 Å². The highest BCUT2D eigenvalue weighted by Gasteiger charge is 2.33. The third-order valence-corrected chi connectivity index (χ3v) is 4.48. The molecule has 0 radical (unpaired) electrons. The smallest absolute Gasteiger partial charge is 0.234 e. The second-order valence-corrected chi connectivity index (χ2v) is 6.16. The van der Waals surface area contributed by atoms with Crippen LogP contribution in [0, 0.1) is 5.92 Å². The fraction of sp³-hybridized carbons (Fsp3) is 0.588. The highest BCUT2D eigenvalue weighted by atomic mass is 16.2. The number of benzene rings is 1. The van der Waals surface area contributed by atoms with Gasteiger partial charge in [0, 0.05) is 6.04 Å². The van der Waals surface area contributed by atoms with Gasteiger partial charge >= 0.3 is 0 Å². The van der Waals surface area contributed by atoms with Crippen LogP contribution in [0.15, 0.2) is 30.3 Å². The molecule has 2 fully saturated rings. The van der Waals surface area contributed by atoms with Crippen LogP contribution in [0.2, 0.25) is 0 Å². The quantitative estimate of drug-likeness (QED) is 0.836. The second-order valence-electron chi connectivity index (χ2n) is 6.16. The van der Waals surface area contributed by atoms with Gasteiger partial charge in [-0.25, -0.2) is 0 Å². The average Bonchev–Trinajstić information content (AvgIpc) is 3.19. The molecule has 0 aliphatic heterocycles. The van der Waals surface area contributed by atoms with Gasteiger partial charge in [-0.05, 0) is 37.2 Å². The summed E-state index contributed by atoms with van der Waals surface area (Å²) in [6.07, 6.45) is 7.50. The minimum Gasteiger partial charge on any atom is -0.348 e. The summed E-state index contributed by atoms with van der Waals surface area (Å²) in [4.78, 5) is 12.1. The third kappa shape index (κ3) is 3.60. The van der Waals surface area contributed by atoms with Crippen molar-refractivity contribution >= 4 is 5.91 Å². The van der Waals surface area contributed by atoms with Gasteiger partial charge in [0.05, 0.1) is 12.6 Å². The topological polar surface area (TPSA) is 41.1 Å². The Labute approximate surface area is 121 Å². The van der Waals surface area contributed by atoms with Crippen LogP contribution in [-0.2, 0) is 4.79 Å². The summed E-state index contributed by atoms with van der Waals surface area (Å²) in [5.41, 5.74) is 1.24. The minimum absolute atomic E-state index is 0.137. The van der Waals surface area contributed by atoms with Gasteiger partial charge in [0.2, 0.25) is 5.91 Å². The van der Waals surface area contributed by atoms with Gasteiger partial charge in [0.1, 0.15) is 0 Å². The molecule has 3 heteroatoms. The van der Waals surface area contributed by atoms with Crippen molar-refractivity contribution in [2.24, 2.45) is 5.92 Å². The van der Waals surface area contributed by atoms with E-state index >= 15 is 0 Å². The maximum absolute atomic E-state index is 12.1. The highest BCUT2D eigenvalue weighted by molar-refractivity contribution is 5.78. The molecular formula is C17H24N2O. The summed E-state index contributed by atoms with van der Waals surface area (Å²) in [5.74, 6) is 0.769. The lowest BCUT2D eigenvalue weighted by Gasteiger charge is -2.20. The third-order valence-electron chi connectivity index (χ3n) is 4.48. The Hall–Kier alpha value is -1.35. The normalized spacial score (nSPS) is 20.8. The van der Waals surface area contributed by atoms with Gasteiger partial charge in [-0.2, -0.15) is 0 Å². The molecule has 0 heterocycles. The number of carbonyl (C=O) groups excluding carboxylic acids is 1. The van der Waals surface area contributed by atoms with Crippen LogP contribution >= 0.6 is 0 Å². The first-order chi connectivity index (χ1) is 9.83. The fourth-order valence-electron chi connectivity index (χ4n) is 3.15. The zero-order valence-corrected chi connectivity index (χ0v) is 12.0. The molecule has 108 valence electrons. The molecule has 1 unspecified atom stereocenters. The molecule has 3 nitrogen and oxygen atoms in total. The van der Waals surface area contributed by atoms with Crippen molar-refractivity contribution in [3.05, 3.63) is 35.9 Å². The average molecular weight is 272 g/mol. The maximum atomic E-state index is 12.1. The van der Waals surface area contributed by atoms with E-state index in [4.69, 9.17) is 0 Å². The van der Waals surface area contributed by atoms with E-state index in [1.165, 1.54) is 44.1 Å². The van der Waals surface area contributed by atoms with Crippen LogP contribution in [0.5, 0.6) is 0 Å². The minimum atomic E-state index is 0.137. The van der Waals surface area contributed by atoms with Crippen LogP contribution in [0.1, 0.15) is 50.1 Å². The Morgan fingerprint density at radius 3 is 2.45 bits per heavy atom. The van der Waals surface area contributed by atoms with Crippen molar-refractivity contribution in [3.63, 3.8) is 0 Å².